The van der Waals surface area contributed by atoms with Gasteiger partial charge in [0.1, 0.15) is 12.4 Å². The first-order valence-electron chi connectivity index (χ1n) is 5.17. The zero-order valence-corrected chi connectivity index (χ0v) is 11.7. The van der Waals surface area contributed by atoms with Crippen molar-refractivity contribution in [1.29, 1.82) is 0 Å². The van der Waals surface area contributed by atoms with Crippen LogP contribution in [0.15, 0.2) is 18.2 Å². The second-order valence-corrected chi connectivity index (χ2v) is 4.75. The van der Waals surface area contributed by atoms with Gasteiger partial charge in [0.05, 0.1) is 18.7 Å². The van der Waals surface area contributed by atoms with Crippen molar-refractivity contribution in [3.8, 4) is 0 Å². The highest BCUT2D eigenvalue weighted by molar-refractivity contribution is 14.1. The summed E-state index contributed by atoms with van der Waals surface area (Å²) in [6.45, 7) is -1.71. The highest BCUT2D eigenvalue weighted by Gasteiger charge is 2.27. The number of benzene rings is 1. The fraction of sp³-hybridized carbons (Fsp3) is 0.364. The average molecular weight is 391 g/mol. The van der Waals surface area contributed by atoms with E-state index in [0.717, 1.165) is 0 Å². The van der Waals surface area contributed by atoms with Gasteiger partial charge in [-0.1, -0.05) is 0 Å². The summed E-state index contributed by atoms with van der Waals surface area (Å²) in [4.78, 5) is 11.4. The van der Waals surface area contributed by atoms with Gasteiger partial charge in [-0.15, -0.1) is 0 Å². The van der Waals surface area contributed by atoms with Gasteiger partial charge in [0, 0.05) is 3.57 Å². The zero-order chi connectivity index (χ0) is 14.5. The number of anilines is 1. The molecule has 0 aromatic heterocycles. The summed E-state index contributed by atoms with van der Waals surface area (Å²) in [5, 5.41) is 2.46. The molecule has 0 aliphatic rings. The number of amides is 1. The van der Waals surface area contributed by atoms with Crippen molar-refractivity contribution in [3.63, 3.8) is 0 Å². The van der Waals surface area contributed by atoms with Gasteiger partial charge in [0.15, 0.2) is 0 Å². The predicted octanol–water partition coefficient (Wildman–Crippen LogP) is 3.34. The largest absolute Gasteiger partial charge is 0.411 e. The highest BCUT2D eigenvalue weighted by atomic mass is 127. The summed E-state index contributed by atoms with van der Waals surface area (Å²) >= 11 is 1.84. The lowest BCUT2D eigenvalue weighted by Crippen LogP contribution is -2.20. The molecule has 0 bridgehead atoms. The molecule has 1 aromatic rings. The van der Waals surface area contributed by atoms with Crippen LogP contribution in [0.5, 0.6) is 0 Å². The third-order valence-electron chi connectivity index (χ3n) is 1.94. The number of hydrogen-bond acceptors (Lipinski definition) is 2. The summed E-state index contributed by atoms with van der Waals surface area (Å²) in [5.74, 6) is -0.928. The molecule has 0 aliphatic carbocycles. The normalized spacial score (nSPS) is 11.4. The van der Waals surface area contributed by atoms with E-state index in [2.05, 4.69) is 10.1 Å². The van der Waals surface area contributed by atoms with Crippen molar-refractivity contribution in [2.24, 2.45) is 0 Å². The monoisotopic (exact) mass is 391 g/mol. The molecule has 0 aliphatic heterocycles. The lowest BCUT2D eigenvalue weighted by atomic mass is 10.3. The van der Waals surface area contributed by atoms with E-state index in [0.29, 0.717) is 9.26 Å². The lowest BCUT2D eigenvalue weighted by molar-refractivity contribution is -0.174. The molecule has 3 nitrogen and oxygen atoms in total. The number of alkyl halides is 3. The van der Waals surface area contributed by atoms with Crippen molar-refractivity contribution >= 4 is 34.2 Å². The van der Waals surface area contributed by atoms with Crippen molar-refractivity contribution in [2.45, 2.75) is 12.6 Å². The maximum Gasteiger partial charge on any atom is 0.411 e. The van der Waals surface area contributed by atoms with E-state index in [1.807, 2.05) is 22.6 Å². The second-order valence-electron chi connectivity index (χ2n) is 3.59. The molecule has 0 heterocycles. The van der Waals surface area contributed by atoms with Gasteiger partial charge in [-0.05, 0) is 40.8 Å². The van der Waals surface area contributed by atoms with Gasteiger partial charge in [-0.2, -0.15) is 13.2 Å². The summed E-state index contributed by atoms with van der Waals surface area (Å²) in [7, 11) is 0. The van der Waals surface area contributed by atoms with Crippen LogP contribution in [0.4, 0.5) is 23.2 Å². The van der Waals surface area contributed by atoms with Crippen LogP contribution in [0.2, 0.25) is 0 Å². The molecular weight excluding hydrogens is 381 g/mol. The maximum atomic E-state index is 12.8. The van der Waals surface area contributed by atoms with Gasteiger partial charge < -0.3 is 10.1 Å². The van der Waals surface area contributed by atoms with Crippen LogP contribution in [0.25, 0.3) is 0 Å². The predicted molar refractivity (Wildman–Crippen MR) is 69.2 cm³/mol. The van der Waals surface area contributed by atoms with Gasteiger partial charge in [0.2, 0.25) is 5.91 Å². The molecule has 19 heavy (non-hydrogen) atoms. The number of hydrogen-bond donors (Lipinski definition) is 1. The molecule has 0 fully saturated rings. The second kappa shape index (κ2) is 7.04. The standard InChI is InChI=1S/C11H10F4INO2/c12-7-1-2-9(8(16)5-7)17-10(18)3-4-19-6-11(13,14)15/h1-2,5H,3-4,6H2,(H,17,18). The Labute approximate surface area is 120 Å². The molecule has 0 saturated heterocycles. The molecule has 0 atom stereocenters. The Hall–Kier alpha value is -0.900. The Kier molecular flexibility index (Phi) is 5.98. The molecule has 1 N–H and O–H groups in total. The van der Waals surface area contributed by atoms with Crippen LogP contribution in [0.3, 0.4) is 0 Å². The maximum absolute atomic E-state index is 12.8. The van der Waals surface area contributed by atoms with Crippen LogP contribution >= 0.6 is 22.6 Å². The summed E-state index contributed by atoms with van der Waals surface area (Å²) in [6.07, 6.45) is -4.60. The Morgan fingerprint density at radius 3 is 2.63 bits per heavy atom. The number of rotatable bonds is 5. The van der Waals surface area contributed by atoms with Crippen molar-refractivity contribution in [1.82, 2.24) is 0 Å². The summed E-state index contributed by atoms with van der Waals surface area (Å²) in [5.41, 5.74) is 0.405. The Morgan fingerprint density at radius 2 is 2.05 bits per heavy atom. The highest BCUT2D eigenvalue weighted by Crippen LogP contribution is 2.19. The van der Waals surface area contributed by atoms with Crippen LogP contribution in [0.1, 0.15) is 6.42 Å². The molecule has 0 unspecified atom stereocenters. The topological polar surface area (TPSA) is 38.3 Å². The Morgan fingerprint density at radius 1 is 1.37 bits per heavy atom. The zero-order valence-electron chi connectivity index (χ0n) is 9.56. The first kappa shape index (κ1) is 16.2. The fourth-order valence-corrected chi connectivity index (χ4v) is 1.77. The van der Waals surface area contributed by atoms with Crippen LogP contribution in [0, 0.1) is 9.39 Å². The first-order chi connectivity index (χ1) is 8.78. The summed E-state index contributed by atoms with van der Waals surface area (Å²) < 4.78 is 52.9. The quantitative estimate of drug-likeness (QED) is 0.475. The Bertz CT molecular complexity index is 451. The number of carbonyl (C=O) groups is 1. The van der Waals surface area contributed by atoms with E-state index < -0.39 is 24.5 Å². The van der Waals surface area contributed by atoms with Crippen molar-refractivity contribution in [3.05, 3.63) is 27.6 Å². The SMILES string of the molecule is O=C(CCOCC(F)(F)F)Nc1ccc(F)cc1I. The molecule has 1 aromatic carbocycles. The number of halogens is 5. The molecule has 106 valence electrons. The molecule has 0 saturated carbocycles. The van der Waals surface area contributed by atoms with Crippen molar-refractivity contribution in [2.75, 3.05) is 18.5 Å². The van der Waals surface area contributed by atoms with E-state index in [4.69, 9.17) is 0 Å². The molecule has 0 radical (unpaired) electrons. The third-order valence-corrected chi connectivity index (χ3v) is 2.84. The smallest absolute Gasteiger partial charge is 0.372 e. The molecular formula is C11H10F4INO2. The number of ether oxygens (including phenoxy) is 1. The number of nitrogens with one attached hydrogen (secondary N) is 1. The van der Waals surface area contributed by atoms with Gasteiger partial charge in [-0.3, -0.25) is 4.79 Å². The minimum absolute atomic E-state index is 0.205. The minimum atomic E-state index is -4.40. The lowest BCUT2D eigenvalue weighted by Gasteiger charge is -2.09. The average Bonchev–Trinajstić information content (AvgIpc) is 2.27. The van der Waals surface area contributed by atoms with Crippen LogP contribution in [-0.2, 0) is 9.53 Å². The Balaban J connectivity index is 2.35. The minimum Gasteiger partial charge on any atom is -0.372 e. The van der Waals surface area contributed by atoms with E-state index in [-0.39, 0.29) is 13.0 Å². The number of carbonyl (C=O) groups excluding carboxylic acids is 1. The van der Waals surface area contributed by atoms with Crippen molar-refractivity contribution < 1.29 is 27.1 Å². The molecule has 8 heteroatoms. The van der Waals surface area contributed by atoms with Crippen LogP contribution < -0.4 is 5.32 Å². The third kappa shape index (κ3) is 6.71. The molecule has 1 amide bonds. The first-order valence-corrected chi connectivity index (χ1v) is 6.25. The molecule has 1 rings (SSSR count). The van der Waals surface area contributed by atoms with Crippen LogP contribution in [-0.4, -0.2) is 25.3 Å². The summed E-state index contributed by atoms with van der Waals surface area (Å²) in [6, 6.07) is 3.79. The van der Waals surface area contributed by atoms with E-state index in [1.165, 1.54) is 18.2 Å². The fourth-order valence-electron chi connectivity index (χ4n) is 1.16. The molecule has 0 spiro atoms. The van der Waals surface area contributed by atoms with Gasteiger partial charge >= 0.3 is 6.18 Å². The van der Waals surface area contributed by atoms with E-state index in [1.54, 1.807) is 0 Å². The van der Waals surface area contributed by atoms with Gasteiger partial charge in [-0.25, -0.2) is 4.39 Å². The van der Waals surface area contributed by atoms with Gasteiger partial charge in [0.25, 0.3) is 0 Å². The van der Waals surface area contributed by atoms with E-state index in [9.17, 15) is 22.4 Å². The van der Waals surface area contributed by atoms with E-state index >= 15 is 0 Å².